The summed E-state index contributed by atoms with van der Waals surface area (Å²) in [6.07, 6.45) is 2.69. The van der Waals surface area contributed by atoms with Gasteiger partial charge in [0.2, 0.25) is 11.8 Å². The molecule has 2 aliphatic heterocycles. The molecule has 2 saturated heterocycles. The van der Waals surface area contributed by atoms with Gasteiger partial charge in [0.05, 0.1) is 13.7 Å². The van der Waals surface area contributed by atoms with E-state index in [1.807, 2.05) is 9.80 Å². The molecule has 0 saturated carbocycles. The Kier molecular flexibility index (Phi) is 7.86. The zero-order valence-electron chi connectivity index (χ0n) is 15.6. The highest BCUT2D eigenvalue weighted by Crippen LogP contribution is 2.20. The summed E-state index contributed by atoms with van der Waals surface area (Å²) in [5, 5.41) is 3.08. The maximum atomic E-state index is 13.8. The highest BCUT2D eigenvalue weighted by atomic mass is 35.5. The van der Waals surface area contributed by atoms with Crippen LogP contribution in [0.15, 0.2) is 18.2 Å². The van der Waals surface area contributed by atoms with Crippen LogP contribution in [0.2, 0.25) is 0 Å². The second-order valence-corrected chi connectivity index (χ2v) is 6.87. The number of rotatable bonds is 5. The number of piperidine rings is 1. The van der Waals surface area contributed by atoms with E-state index in [0.717, 1.165) is 31.5 Å². The van der Waals surface area contributed by atoms with Gasteiger partial charge in [0, 0.05) is 38.6 Å². The molecule has 2 fully saturated rings. The lowest BCUT2D eigenvalue weighted by molar-refractivity contribution is -0.140. The summed E-state index contributed by atoms with van der Waals surface area (Å²) in [7, 11) is 1.43. The maximum absolute atomic E-state index is 13.8. The standard InChI is InChI=1S/C19H26FN3O3.ClH/c1-26-17-6-4-14(11-16(17)20)5-7-18(24)22-9-2-3-15(13-22)23-10-8-21-12-19(23)25;/h4,6,11,15,21H,2-3,5,7-10,12-13H2,1H3;1H. The second-order valence-electron chi connectivity index (χ2n) is 6.87. The normalized spacial score (nSPS) is 20.2. The minimum atomic E-state index is -0.410. The molecule has 1 N–H and O–H groups in total. The Morgan fingerprint density at radius 3 is 2.89 bits per heavy atom. The predicted molar refractivity (Wildman–Crippen MR) is 103 cm³/mol. The van der Waals surface area contributed by atoms with Crippen molar-refractivity contribution in [2.24, 2.45) is 0 Å². The number of piperazine rings is 1. The van der Waals surface area contributed by atoms with Crippen molar-refractivity contribution in [2.45, 2.75) is 31.7 Å². The first-order valence-corrected chi connectivity index (χ1v) is 9.19. The zero-order valence-corrected chi connectivity index (χ0v) is 16.4. The number of nitrogens with zero attached hydrogens (tertiary/aromatic N) is 2. The van der Waals surface area contributed by atoms with Crippen LogP contribution in [0, 0.1) is 5.82 Å². The number of methoxy groups -OCH3 is 1. The molecule has 3 rings (SSSR count). The fourth-order valence-electron chi connectivity index (χ4n) is 3.72. The molecular formula is C19H27ClFN3O3. The van der Waals surface area contributed by atoms with Crippen molar-refractivity contribution in [3.05, 3.63) is 29.6 Å². The SMILES string of the molecule is COc1ccc(CCC(=O)N2CCCC(N3CCNCC3=O)C2)cc1F.Cl. The number of ether oxygens (including phenoxy) is 1. The summed E-state index contributed by atoms with van der Waals surface area (Å²) in [6, 6.07) is 4.90. The van der Waals surface area contributed by atoms with Crippen LogP contribution in [0.1, 0.15) is 24.8 Å². The van der Waals surface area contributed by atoms with E-state index in [1.54, 1.807) is 12.1 Å². The van der Waals surface area contributed by atoms with Crippen molar-refractivity contribution in [3.63, 3.8) is 0 Å². The van der Waals surface area contributed by atoms with Crippen molar-refractivity contribution in [2.75, 3.05) is 39.8 Å². The molecule has 2 amide bonds. The Morgan fingerprint density at radius 1 is 1.37 bits per heavy atom. The summed E-state index contributed by atoms with van der Waals surface area (Å²) < 4.78 is 18.7. The third-order valence-electron chi connectivity index (χ3n) is 5.16. The molecule has 1 atom stereocenters. The highest BCUT2D eigenvalue weighted by Gasteiger charge is 2.31. The van der Waals surface area contributed by atoms with Gasteiger partial charge in [-0.3, -0.25) is 9.59 Å². The third-order valence-corrected chi connectivity index (χ3v) is 5.16. The van der Waals surface area contributed by atoms with Crippen molar-refractivity contribution in [3.8, 4) is 5.75 Å². The van der Waals surface area contributed by atoms with Gasteiger partial charge in [0.15, 0.2) is 11.6 Å². The summed E-state index contributed by atoms with van der Waals surface area (Å²) >= 11 is 0. The minimum absolute atomic E-state index is 0. The first-order valence-electron chi connectivity index (χ1n) is 9.19. The fourth-order valence-corrected chi connectivity index (χ4v) is 3.72. The van der Waals surface area contributed by atoms with Crippen LogP contribution in [0.5, 0.6) is 5.75 Å². The molecule has 150 valence electrons. The monoisotopic (exact) mass is 399 g/mol. The van der Waals surface area contributed by atoms with Gasteiger partial charge < -0.3 is 19.9 Å². The molecule has 27 heavy (non-hydrogen) atoms. The quantitative estimate of drug-likeness (QED) is 0.817. The summed E-state index contributed by atoms with van der Waals surface area (Å²) in [4.78, 5) is 28.4. The Balaban J connectivity index is 0.00000261. The molecule has 0 spiro atoms. The number of likely N-dealkylation sites (tertiary alicyclic amines) is 1. The van der Waals surface area contributed by atoms with Crippen molar-refractivity contribution < 1.29 is 18.7 Å². The third kappa shape index (κ3) is 5.32. The van der Waals surface area contributed by atoms with Crippen molar-refractivity contribution in [1.29, 1.82) is 0 Å². The van der Waals surface area contributed by atoms with Gasteiger partial charge in [-0.15, -0.1) is 12.4 Å². The van der Waals surface area contributed by atoms with Crippen molar-refractivity contribution >= 4 is 24.2 Å². The second kappa shape index (κ2) is 9.90. The average molecular weight is 400 g/mol. The molecule has 2 heterocycles. The molecule has 8 heteroatoms. The van der Waals surface area contributed by atoms with E-state index in [1.165, 1.54) is 13.2 Å². The topological polar surface area (TPSA) is 61.9 Å². The van der Waals surface area contributed by atoms with Crippen LogP contribution in [0.3, 0.4) is 0 Å². The molecule has 6 nitrogen and oxygen atoms in total. The maximum Gasteiger partial charge on any atom is 0.236 e. The van der Waals surface area contributed by atoms with E-state index in [2.05, 4.69) is 5.32 Å². The van der Waals surface area contributed by atoms with Gasteiger partial charge in [-0.2, -0.15) is 0 Å². The first-order chi connectivity index (χ1) is 12.6. The molecule has 2 aliphatic rings. The zero-order chi connectivity index (χ0) is 18.5. The van der Waals surface area contributed by atoms with E-state index < -0.39 is 5.82 Å². The van der Waals surface area contributed by atoms with E-state index >= 15 is 0 Å². The predicted octanol–water partition coefficient (Wildman–Crippen LogP) is 1.61. The Labute approximate surface area is 165 Å². The van der Waals surface area contributed by atoms with Crippen LogP contribution in [-0.2, 0) is 16.0 Å². The number of nitrogens with one attached hydrogen (secondary N) is 1. The molecule has 0 bridgehead atoms. The number of halogens is 2. The fraction of sp³-hybridized carbons (Fsp3) is 0.579. The molecule has 1 unspecified atom stereocenters. The van der Waals surface area contributed by atoms with Gasteiger partial charge in [-0.25, -0.2) is 4.39 Å². The highest BCUT2D eigenvalue weighted by molar-refractivity contribution is 5.85. The van der Waals surface area contributed by atoms with Crippen LogP contribution < -0.4 is 10.1 Å². The van der Waals surface area contributed by atoms with Crippen LogP contribution in [-0.4, -0.2) is 67.5 Å². The molecule has 1 aromatic rings. The number of aryl methyl sites for hydroxylation is 1. The van der Waals surface area contributed by atoms with Crippen LogP contribution in [0.4, 0.5) is 4.39 Å². The lowest BCUT2D eigenvalue weighted by atomic mass is 10.0. The largest absolute Gasteiger partial charge is 0.494 e. The molecule has 1 aromatic carbocycles. The van der Waals surface area contributed by atoms with E-state index in [-0.39, 0.29) is 36.0 Å². The number of benzene rings is 1. The molecule has 0 aromatic heterocycles. The van der Waals surface area contributed by atoms with E-state index in [9.17, 15) is 14.0 Å². The Bertz CT molecular complexity index is 674. The molecular weight excluding hydrogens is 373 g/mol. The number of carbonyl (C=O) groups is 2. The molecule has 0 radical (unpaired) electrons. The lowest BCUT2D eigenvalue weighted by Crippen LogP contribution is -2.57. The number of amides is 2. The molecule has 0 aliphatic carbocycles. The lowest BCUT2D eigenvalue weighted by Gasteiger charge is -2.41. The Morgan fingerprint density at radius 2 is 2.19 bits per heavy atom. The number of hydrogen-bond donors (Lipinski definition) is 1. The summed E-state index contributed by atoms with van der Waals surface area (Å²) in [5.74, 6) is -0.0230. The number of carbonyl (C=O) groups excluding carboxylic acids is 2. The van der Waals surface area contributed by atoms with Crippen LogP contribution in [0.25, 0.3) is 0 Å². The average Bonchev–Trinajstić information content (AvgIpc) is 2.66. The van der Waals surface area contributed by atoms with Gasteiger partial charge in [0.25, 0.3) is 0 Å². The van der Waals surface area contributed by atoms with Gasteiger partial charge in [-0.05, 0) is 37.0 Å². The van der Waals surface area contributed by atoms with Gasteiger partial charge in [0.1, 0.15) is 0 Å². The van der Waals surface area contributed by atoms with Gasteiger partial charge >= 0.3 is 0 Å². The van der Waals surface area contributed by atoms with E-state index in [4.69, 9.17) is 4.74 Å². The van der Waals surface area contributed by atoms with E-state index in [0.29, 0.717) is 32.5 Å². The smallest absolute Gasteiger partial charge is 0.236 e. The minimum Gasteiger partial charge on any atom is -0.494 e. The first kappa shape index (κ1) is 21.4. The van der Waals surface area contributed by atoms with Gasteiger partial charge in [-0.1, -0.05) is 6.07 Å². The van der Waals surface area contributed by atoms with Crippen molar-refractivity contribution in [1.82, 2.24) is 15.1 Å². The summed E-state index contributed by atoms with van der Waals surface area (Å²) in [5.41, 5.74) is 0.780. The Hall–Kier alpha value is -1.86. The summed E-state index contributed by atoms with van der Waals surface area (Å²) in [6.45, 7) is 3.22. The number of hydrogen-bond acceptors (Lipinski definition) is 4. The van der Waals surface area contributed by atoms with Crippen LogP contribution >= 0.6 is 12.4 Å².